The molecule has 18 heavy (non-hydrogen) atoms. The Morgan fingerprint density at radius 1 is 1.06 bits per heavy atom. The first kappa shape index (κ1) is 14.9. The van der Waals surface area contributed by atoms with E-state index >= 15 is 0 Å². The number of carbonyl (C=O) groups is 1. The van der Waals surface area contributed by atoms with Gasteiger partial charge >= 0.3 is 0 Å². The van der Waals surface area contributed by atoms with Crippen LogP contribution in [-0.2, 0) is 5.41 Å². The van der Waals surface area contributed by atoms with E-state index in [9.17, 15) is 4.79 Å². The first-order valence-corrected chi connectivity index (χ1v) is 10.0. The molecule has 0 aromatic heterocycles. The van der Waals surface area contributed by atoms with Gasteiger partial charge in [0.2, 0.25) is 0 Å². The highest BCUT2D eigenvalue weighted by Gasteiger charge is 2.14. The Morgan fingerprint density at radius 3 is 1.94 bits per heavy atom. The quantitative estimate of drug-likeness (QED) is 0.441. The summed E-state index contributed by atoms with van der Waals surface area (Å²) in [5.41, 5.74) is 4.26. The van der Waals surface area contributed by atoms with Crippen molar-refractivity contribution in [3.63, 3.8) is 0 Å². The van der Waals surface area contributed by atoms with Gasteiger partial charge in [-0.2, -0.15) is 0 Å². The Balaban J connectivity index is 2.87. The third kappa shape index (κ3) is 4.61. The first-order valence-electron chi connectivity index (χ1n) is 6.44. The fraction of sp³-hybridized carbons (Fsp3) is 0.438. The van der Waals surface area contributed by atoms with Crippen molar-refractivity contribution in [3.8, 4) is 0 Å². The molecule has 0 atom stereocenters. The maximum Gasteiger partial charge on any atom is 0.185 e. The lowest BCUT2D eigenvalue weighted by atomic mass is 9.86. The minimum absolute atomic E-state index is 0.109. The Kier molecular flexibility index (Phi) is 4.33. The number of hydrogen-bond donors (Lipinski definition) is 0. The molecule has 0 bridgehead atoms. The van der Waals surface area contributed by atoms with Crippen LogP contribution >= 0.6 is 0 Å². The second-order valence-electron chi connectivity index (χ2n) is 6.89. The Morgan fingerprint density at radius 2 is 1.56 bits per heavy atom. The van der Waals surface area contributed by atoms with Gasteiger partial charge in [0.05, 0.1) is 8.07 Å². The van der Waals surface area contributed by atoms with E-state index in [4.69, 9.17) is 0 Å². The van der Waals surface area contributed by atoms with Crippen LogP contribution < -0.4 is 0 Å². The molecule has 0 saturated carbocycles. The molecule has 2 heteroatoms. The van der Waals surface area contributed by atoms with E-state index in [2.05, 4.69) is 58.2 Å². The molecule has 0 saturated heterocycles. The summed E-state index contributed by atoms with van der Waals surface area (Å²) in [5.74, 6) is 0.109. The molecule has 0 N–H and O–H groups in total. The van der Waals surface area contributed by atoms with Crippen LogP contribution in [0.25, 0.3) is 0 Å². The van der Waals surface area contributed by atoms with Gasteiger partial charge < -0.3 is 0 Å². The molecule has 1 aromatic rings. The molecular formula is C16H24OSi. The predicted octanol–water partition coefficient (Wildman–Crippen LogP) is 4.60. The molecule has 0 fully saturated rings. The van der Waals surface area contributed by atoms with Gasteiger partial charge in [-0.1, -0.05) is 70.4 Å². The lowest BCUT2D eigenvalue weighted by molar-refractivity contribution is 0.104. The summed E-state index contributed by atoms with van der Waals surface area (Å²) in [7, 11) is -1.30. The number of carbonyl (C=O) groups excluding carboxylic acids is 1. The predicted molar refractivity (Wildman–Crippen MR) is 82.0 cm³/mol. The van der Waals surface area contributed by atoms with Crippen molar-refractivity contribution in [2.24, 2.45) is 0 Å². The SMILES string of the molecule is CC(C)(C)c1ccc(C(=O)/C=C/[Si](C)(C)C)cc1. The maximum atomic E-state index is 12.0. The van der Waals surface area contributed by atoms with Gasteiger partial charge in [-0.05, 0) is 17.1 Å². The summed E-state index contributed by atoms with van der Waals surface area (Å²) >= 11 is 0. The maximum absolute atomic E-state index is 12.0. The van der Waals surface area contributed by atoms with Crippen LogP contribution in [0.1, 0.15) is 36.7 Å². The summed E-state index contributed by atoms with van der Waals surface area (Å²) in [6.07, 6.45) is 1.73. The van der Waals surface area contributed by atoms with Crippen molar-refractivity contribution in [2.75, 3.05) is 0 Å². The van der Waals surface area contributed by atoms with Crippen LogP contribution in [0.15, 0.2) is 36.0 Å². The molecule has 0 aliphatic carbocycles. The zero-order valence-electron chi connectivity index (χ0n) is 12.4. The molecule has 0 spiro atoms. The second kappa shape index (κ2) is 5.23. The normalized spacial score (nSPS) is 13.0. The van der Waals surface area contributed by atoms with Gasteiger partial charge in [0.15, 0.2) is 5.78 Å². The molecule has 1 nitrogen and oxygen atoms in total. The average molecular weight is 260 g/mol. The van der Waals surface area contributed by atoms with Crippen LogP contribution in [0.2, 0.25) is 19.6 Å². The monoisotopic (exact) mass is 260 g/mol. The third-order valence-corrected chi connectivity index (χ3v) is 3.94. The number of rotatable bonds is 3. The summed E-state index contributed by atoms with van der Waals surface area (Å²) in [6, 6.07) is 7.96. The zero-order chi connectivity index (χ0) is 14.0. The summed E-state index contributed by atoms with van der Waals surface area (Å²) in [5, 5.41) is 0. The van der Waals surface area contributed by atoms with E-state index in [1.54, 1.807) is 6.08 Å². The topological polar surface area (TPSA) is 17.1 Å². The standard InChI is InChI=1S/C16H24OSi/c1-16(2,3)14-9-7-13(8-10-14)15(17)11-12-18(4,5)6/h7-12H,1-6H3/b12-11+. The van der Waals surface area contributed by atoms with Crippen molar-refractivity contribution >= 4 is 13.9 Å². The highest BCUT2D eigenvalue weighted by molar-refractivity contribution is 6.81. The van der Waals surface area contributed by atoms with Gasteiger partial charge in [0.1, 0.15) is 0 Å². The van der Waals surface area contributed by atoms with E-state index in [-0.39, 0.29) is 11.2 Å². The lowest BCUT2D eigenvalue weighted by Gasteiger charge is -2.18. The van der Waals surface area contributed by atoms with E-state index < -0.39 is 8.07 Å². The number of hydrogen-bond acceptors (Lipinski definition) is 1. The summed E-state index contributed by atoms with van der Waals surface area (Å²) < 4.78 is 0. The van der Waals surface area contributed by atoms with Crippen LogP contribution in [0.3, 0.4) is 0 Å². The van der Waals surface area contributed by atoms with Crippen molar-refractivity contribution < 1.29 is 4.79 Å². The van der Waals surface area contributed by atoms with Crippen LogP contribution in [0.4, 0.5) is 0 Å². The van der Waals surface area contributed by atoms with Crippen molar-refractivity contribution in [3.05, 3.63) is 47.2 Å². The van der Waals surface area contributed by atoms with Gasteiger partial charge in [-0.15, -0.1) is 0 Å². The minimum Gasteiger partial charge on any atom is -0.289 e. The van der Waals surface area contributed by atoms with Crippen LogP contribution in [0.5, 0.6) is 0 Å². The highest BCUT2D eigenvalue weighted by Crippen LogP contribution is 2.22. The molecule has 0 heterocycles. The zero-order valence-corrected chi connectivity index (χ0v) is 13.4. The lowest BCUT2D eigenvalue weighted by Crippen LogP contribution is -2.16. The second-order valence-corrected chi connectivity index (χ2v) is 12.0. The van der Waals surface area contributed by atoms with Crippen LogP contribution in [0, 0.1) is 0 Å². The molecular weight excluding hydrogens is 236 g/mol. The fourth-order valence-electron chi connectivity index (χ4n) is 1.56. The molecule has 1 aromatic carbocycles. The van der Waals surface area contributed by atoms with Crippen molar-refractivity contribution in [1.29, 1.82) is 0 Å². The minimum atomic E-state index is -1.30. The fourth-order valence-corrected chi connectivity index (χ4v) is 2.21. The van der Waals surface area contributed by atoms with E-state index in [0.29, 0.717) is 0 Å². The smallest absolute Gasteiger partial charge is 0.185 e. The Labute approximate surface area is 112 Å². The largest absolute Gasteiger partial charge is 0.289 e. The highest BCUT2D eigenvalue weighted by atomic mass is 28.3. The number of ketones is 1. The van der Waals surface area contributed by atoms with Crippen molar-refractivity contribution in [1.82, 2.24) is 0 Å². The van der Waals surface area contributed by atoms with Gasteiger partial charge in [-0.25, -0.2) is 0 Å². The molecule has 0 radical (unpaired) electrons. The Hall–Kier alpha value is -1.15. The van der Waals surface area contributed by atoms with E-state index in [1.807, 2.05) is 12.1 Å². The molecule has 0 aliphatic heterocycles. The molecule has 0 amide bonds. The van der Waals surface area contributed by atoms with Crippen LogP contribution in [-0.4, -0.2) is 13.9 Å². The average Bonchev–Trinajstić information content (AvgIpc) is 2.24. The van der Waals surface area contributed by atoms with Gasteiger partial charge in [0.25, 0.3) is 0 Å². The Bertz CT molecular complexity index is 441. The number of allylic oxidation sites excluding steroid dienone is 1. The van der Waals surface area contributed by atoms with Gasteiger partial charge in [-0.3, -0.25) is 4.79 Å². The van der Waals surface area contributed by atoms with Gasteiger partial charge in [0, 0.05) is 5.56 Å². The third-order valence-electron chi connectivity index (χ3n) is 2.77. The summed E-state index contributed by atoms with van der Waals surface area (Å²) in [4.78, 5) is 12.0. The first-order chi connectivity index (χ1) is 8.09. The molecule has 0 unspecified atom stereocenters. The molecule has 0 aliphatic rings. The summed E-state index contributed by atoms with van der Waals surface area (Å²) in [6.45, 7) is 13.2. The van der Waals surface area contributed by atoms with Crippen molar-refractivity contribution in [2.45, 2.75) is 45.8 Å². The number of benzene rings is 1. The molecule has 1 rings (SSSR count). The molecule has 98 valence electrons. The van der Waals surface area contributed by atoms with E-state index in [1.165, 1.54) is 5.56 Å². The van der Waals surface area contributed by atoms with E-state index in [0.717, 1.165) is 5.56 Å².